The molecule has 1 saturated heterocycles. The van der Waals surface area contributed by atoms with Gasteiger partial charge in [0.05, 0.1) is 10.7 Å². The van der Waals surface area contributed by atoms with Crippen LogP contribution in [-0.4, -0.2) is 23.9 Å². The number of hydrogen-bond donors (Lipinski definition) is 1. The van der Waals surface area contributed by atoms with Crippen molar-refractivity contribution in [3.8, 4) is 0 Å². The van der Waals surface area contributed by atoms with Gasteiger partial charge in [0.1, 0.15) is 0 Å². The monoisotopic (exact) mass is 376 g/mol. The Bertz CT molecular complexity index is 723. The lowest BCUT2D eigenvalue weighted by atomic mass is 10.1. The van der Waals surface area contributed by atoms with Gasteiger partial charge < -0.3 is 5.32 Å². The molecule has 3 nitrogen and oxygen atoms in total. The van der Waals surface area contributed by atoms with E-state index in [2.05, 4.69) is 10.2 Å². The molecule has 5 heteroatoms. The second-order valence-corrected chi connectivity index (χ2v) is 7.31. The second kappa shape index (κ2) is 8.70. The Hall–Kier alpha value is -1.55. The minimum Gasteiger partial charge on any atom is -0.321 e. The molecule has 0 atom stereocenters. The van der Waals surface area contributed by atoms with Crippen molar-refractivity contribution in [2.45, 2.75) is 32.2 Å². The number of halogens is 2. The normalized spacial score (nSPS) is 15.6. The number of carbonyl (C=O) groups is 1. The molecule has 0 saturated carbocycles. The van der Waals surface area contributed by atoms with E-state index in [1.807, 2.05) is 24.3 Å². The van der Waals surface area contributed by atoms with Crippen molar-refractivity contribution in [2.75, 3.05) is 18.4 Å². The van der Waals surface area contributed by atoms with Crippen molar-refractivity contribution in [1.29, 1.82) is 0 Å². The Morgan fingerprint density at radius 2 is 1.64 bits per heavy atom. The van der Waals surface area contributed by atoms with E-state index in [0.717, 1.165) is 19.6 Å². The van der Waals surface area contributed by atoms with Gasteiger partial charge in [-0.1, -0.05) is 48.2 Å². The summed E-state index contributed by atoms with van der Waals surface area (Å²) in [6, 6.07) is 12.8. The Morgan fingerprint density at radius 3 is 2.32 bits per heavy atom. The van der Waals surface area contributed by atoms with Gasteiger partial charge in [0.2, 0.25) is 0 Å². The molecule has 132 valence electrons. The molecule has 0 spiro atoms. The van der Waals surface area contributed by atoms with Crippen LogP contribution in [0.5, 0.6) is 0 Å². The number of hydrogen-bond acceptors (Lipinski definition) is 2. The predicted octanol–water partition coefficient (Wildman–Crippen LogP) is 5.62. The average Bonchev–Trinajstić information content (AvgIpc) is 2.87. The lowest BCUT2D eigenvalue weighted by Crippen LogP contribution is -2.24. The van der Waals surface area contributed by atoms with Crippen LogP contribution in [0.4, 0.5) is 5.69 Å². The van der Waals surface area contributed by atoms with E-state index in [9.17, 15) is 4.79 Å². The zero-order chi connectivity index (χ0) is 17.6. The molecule has 0 bridgehead atoms. The third-order valence-electron chi connectivity index (χ3n) is 4.50. The standard InChI is InChI=1S/C20H22Cl2N2O/c21-17-9-10-18(22)19(13-17)23-20(25)16-7-5-15(6-8-16)14-24-11-3-1-2-4-12-24/h5-10,13H,1-4,11-12,14H2,(H,23,25). The smallest absolute Gasteiger partial charge is 0.255 e. The first-order valence-corrected chi connectivity index (χ1v) is 9.45. The molecule has 1 N–H and O–H groups in total. The first kappa shape index (κ1) is 18.2. The highest BCUT2D eigenvalue weighted by Gasteiger charge is 2.11. The zero-order valence-corrected chi connectivity index (χ0v) is 15.6. The quantitative estimate of drug-likeness (QED) is 0.750. The Morgan fingerprint density at radius 1 is 0.960 bits per heavy atom. The van der Waals surface area contributed by atoms with Gasteiger partial charge in [0.25, 0.3) is 5.91 Å². The van der Waals surface area contributed by atoms with Gasteiger partial charge >= 0.3 is 0 Å². The zero-order valence-electron chi connectivity index (χ0n) is 14.1. The summed E-state index contributed by atoms with van der Waals surface area (Å²) in [5.74, 6) is -0.189. The molecule has 1 aliphatic heterocycles. The van der Waals surface area contributed by atoms with Crippen molar-refractivity contribution in [3.63, 3.8) is 0 Å². The van der Waals surface area contributed by atoms with Crippen molar-refractivity contribution in [2.24, 2.45) is 0 Å². The van der Waals surface area contributed by atoms with E-state index in [-0.39, 0.29) is 5.91 Å². The van der Waals surface area contributed by atoms with Crippen LogP contribution < -0.4 is 5.32 Å². The topological polar surface area (TPSA) is 32.3 Å². The second-order valence-electron chi connectivity index (χ2n) is 6.47. The lowest BCUT2D eigenvalue weighted by molar-refractivity contribution is 0.102. The summed E-state index contributed by atoms with van der Waals surface area (Å²) in [6.45, 7) is 3.27. The van der Waals surface area contributed by atoms with Crippen LogP contribution in [0, 0.1) is 0 Å². The van der Waals surface area contributed by atoms with Crippen LogP contribution in [-0.2, 0) is 6.54 Å². The van der Waals surface area contributed by atoms with Gasteiger partial charge in [-0.2, -0.15) is 0 Å². The fraction of sp³-hybridized carbons (Fsp3) is 0.350. The van der Waals surface area contributed by atoms with E-state index in [0.29, 0.717) is 21.3 Å². The molecule has 1 fully saturated rings. The number of benzene rings is 2. The van der Waals surface area contributed by atoms with Gasteiger partial charge in [-0.25, -0.2) is 0 Å². The summed E-state index contributed by atoms with van der Waals surface area (Å²) in [4.78, 5) is 14.9. The number of nitrogens with one attached hydrogen (secondary N) is 1. The highest BCUT2D eigenvalue weighted by Crippen LogP contribution is 2.26. The van der Waals surface area contributed by atoms with Gasteiger partial charge in [0, 0.05) is 17.1 Å². The number of likely N-dealkylation sites (tertiary alicyclic amines) is 1. The summed E-state index contributed by atoms with van der Waals surface area (Å²) >= 11 is 12.1. The number of rotatable bonds is 4. The maximum Gasteiger partial charge on any atom is 0.255 e. The van der Waals surface area contributed by atoms with Crippen LogP contribution in [0.25, 0.3) is 0 Å². The first-order chi connectivity index (χ1) is 12.1. The summed E-state index contributed by atoms with van der Waals surface area (Å²) in [6.07, 6.45) is 5.23. The first-order valence-electron chi connectivity index (χ1n) is 8.69. The molecular weight excluding hydrogens is 355 g/mol. The van der Waals surface area contributed by atoms with Crippen LogP contribution in [0.3, 0.4) is 0 Å². The van der Waals surface area contributed by atoms with Crippen LogP contribution in [0.1, 0.15) is 41.6 Å². The molecule has 0 unspecified atom stereocenters. The molecule has 1 aliphatic rings. The summed E-state index contributed by atoms with van der Waals surface area (Å²) in [7, 11) is 0. The van der Waals surface area contributed by atoms with Crippen LogP contribution >= 0.6 is 23.2 Å². The highest BCUT2D eigenvalue weighted by atomic mass is 35.5. The van der Waals surface area contributed by atoms with Gasteiger partial charge in [-0.05, 0) is 61.8 Å². The fourth-order valence-electron chi connectivity index (χ4n) is 3.10. The van der Waals surface area contributed by atoms with E-state index >= 15 is 0 Å². The Labute approximate surface area is 158 Å². The SMILES string of the molecule is O=C(Nc1cc(Cl)ccc1Cl)c1ccc(CN2CCCCCC2)cc1. The van der Waals surface area contributed by atoms with Crippen LogP contribution in [0.15, 0.2) is 42.5 Å². The van der Waals surface area contributed by atoms with Gasteiger partial charge in [-0.15, -0.1) is 0 Å². The Balaban J connectivity index is 1.63. The molecule has 1 heterocycles. The Kier molecular flexibility index (Phi) is 6.35. The molecule has 0 aliphatic carbocycles. The maximum atomic E-state index is 12.4. The van der Waals surface area contributed by atoms with Crippen molar-refractivity contribution < 1.29 is 4.79 Å². The summed E-state index contributed by atoms with van der Waals surface area (Å²) < 4.78 is 0. The molecule has 0 radical (unpaired) electrons. The highest BCUT2D eigenvalue weighted by molar-refractivity contribution is 6.35. The maximum absolute atomic E-state index is 12.4. The molecule has 0 aromatic heterocycles. The van der Waals surface area contributed by atoms with Gasteiger partial charge in [-0.3, -0.25) is 9.69 Å². The molecule has 1 amide bonds. The molecule has 2 aromatic carbocycles. The largest absolute Gasteiger partial charge is 0.321 e. The van der Waals surface area contributed by atoms with E-state index in [1.54, 1.807) is 18.2 Å². The lowest BCUT2D eigenvalue weighted by Gasteiger charge is -2.19. The average molecular weight is 377 g/mol. The molecule has 3 rings (SSSR count). The number of carbonyl (C=O) groups excluding carboxylic acids is 1. The van der Waals surface area contributed by atoms with E-state index in [1.165, 1.54) is 31.2 Å². The number of nitrogens with zero attached hydrogens (tertiary/aromatic N) is 1. The van der Waals surface area contributed by atoms with Gasteiger partial charge in [0.15, 0.2) is 0 Å². The minimum absolute atomic E-state index is 0.189. The minimum atomic E-state index is -0.189. The van der Waals surface area contributed by atoms with Crippen LogP contribution in [0.2, 0.25) is 10.0 Å². The molecule has 2 aromatic rings. The van der Waals surface area contributed by atoms with Crippen molar-refractivity contribution in [3.05, 3.63) is 63.6 Å². The van der Waals surface area contributed by atoms with Crippen molar-refractivity contribution in [1.82, 2.24) is 4.90 Å². The number of anilines is 1. The summed E-state index contributed by atoms with van der Waals surface area (Å²) in [5, 5.41) is 3.81. The third-order valence-corrected chi connectivity index (χ3v) is 5.06. The number of amides is 1. The predicted molar refractivity (Wildman–Crippen MR) is 105 cm³/mol. The molecule has 25 heavy (non-hydrogen) atoms. The molecular formula is C20H22Cl2N2O. The third kappa shape index (κ3) is 5.21. The summed E-state index contributed by atoms with van der Waals surface area (Å²) in [5.41, 5.74) is 2.36. The van der Waals surface area contributed by atoms with E-state index in [4.69, 9.17) is 23.2 Å². The van der Waals surface area contributed by atoms with Crippen molar-refractivity contribution >= 4 is 34.8 Å². The fourth-order valence-corrected chi connectivity index (χ4v) is 3.44. The van der Waals surface area contributed by atoms with E-state index < -0.39 is 0 Å².